The number of likely N-dealkylation sites (N-methyl/N-ethyl adjacent to an activating group) is 2. The van der Waals surface area contributed by atoms with E-state index in [9.17, 15) is 4.79 Å². The lowest BCUT2D eigenvalue weighted by molar-refractivity contribution is -0.122. The molecule has 0 rings (SSSR count). The van der Waals surface area contributed by atoms with Gasteiger partial charge in [-0.25, -0.2) is 0 Å². The van der Waals surface area contributed by atoms with Gasteiger partial charge in [0.25, 0.3) is 0 Å². The predicted molar refractivity (Wildman–Crippen MR) is 41.8 cm³/mol. The number of amides is 1. The van der Waals surface area contributed by atoms with Gasteiger partial charge >= 0.3 is 0 Å². The summed E-state index contributed by atoms with van der Waals surface area (Å²) in [4.78, 5) is 11.0. The average Bonchev–Trinajstić information content (AvgIpc) is 1.99. The van der Waals surface area contributed by atoms with E-state index in [1.165, 1.54) is 0 Å². The summed E-state index contributed by atoms with van der Waals surface area (Å²) in [6.07, 6.45) is 1.93. The second-order valence-electron chi connectivity index (χ2n) is 2.24. The van der Waals surface area contributed by atoms with Gasteiger partial charge in [0.2, 0.25) is 5.91 Å². The molecule has 0 aliphatic carbocycles. The summed E-state index contributed by atoms with van der Waals surface area (Å²) in [6, 6.07) is -0.0185. The first kappa shape index (κ1) is 9.43. The van der Waals surface area contributed by atoms with Gasteiger partial charge in [0.1, 0.15) is 0 Å². The van der Waals surface area contributed by atoms with Crippen LogP contribution in [-0.4, -0.2) is 26.0 Å². The van der Waals surface area contributed by atoms with Crippen LogP contribution < -0.4 is 10.6 Å². The molecule has 3 nitrogen and oxygen atoms in total. The molecule has 1 amide bonds. The van der Waals surface area contributed by atoms with Gasteiger partial charge in [-0.3, -0.25) is 4.79 Å². The topological polar surface area (TPSA) is 41.1 Å². The van der Waals surface area contributed by atoms with Crippen molar-refractivity contribution < 1.29 is 4.79 Å². The minimum absolute atomic E-state index is 0.0185. The molecule has 0 saturated carbocycles. The Morgan fingerprint density at radius 3 is 2.40 bits per heavy atom. The third-order valence-corrected chi connectivity index (χ3v) is 1.49. The molecule has 0 aromatic rings. The summed E-state index contributed by atoms with van der Waals surface area (Å²) < 4.78 is 0. The Hall–Kier alpha value is -0.570. The van der Waals surface area contributed by atoms with Gasteiger partial charge in [0.15, 0.2) is 0 Å². The first-order valence-electron chi connectivity index (χ1n) is 3.65. The highest BCUT2D eigenvalue weighted by molar-refractivity contribution is 5.81. The van der Waals surface area contributed by atoms with Crippen molar-refractivity contribution in [3.63, 3.8) is 0 Å². The second-order valence-corrected chi connectivity index (χ2v) is 2.24. The second kappa shape index (κ2) is 5.23. The maximum atomic E-state index is 11.0. The van der Waals surface area contributed by atoms with Crippen LogP contribution in [0, 0.1) is 0 Å². The Bertz CT molecular complexity index is 104. The van der Waals surface area contributed by atoms with Crippen molar-refractivity contribution >= 4 is 5.91 Å². The smallest absolute Gasteiger partial charge is 0.236 e. The summed E-state index contributed by atoms with van der Waals surface area (Å²) in [5, 5.41) is 5.54. The summed E-state index contributed by atoms with van der Waals surface area (Å²) in [7, 11) is 3.46. The zero-order valence-electron chi connectivity index (χ0n) is 6.90. The highest BCUT2D eigenvalue weighted by Gasteiger charge is 2.11. The lowest BCUT2D eigenvalue weighted by Gasteiger charge is -2.12. The van der Waals surface area contributed by atoms with Gasteiger partial charge in [0.05, 0.1) is 6.04 Å². The monoisotopic (exact) mass is 144 g/mol. The van der Waals surface area contributed by atoms with Crippen LogP contribution in [0.15, 0.2) is 0 Å². The van der Waals surface area contributed by atoms with Crippen molar-refractivity contribution in [2.75, 3.05) is 14.1 Å². The van der Waals surface area contributed by atoms with Crippen molar-refractivity contribution in [2.45, 2.75) is 25.8 Å². The van der Waals surface area contributed by atoms with E-state index in [4.69, 9.17) is 0 Å². The van der Waals surface area contributed by atoms with E-state index >= 15 is 0 Å². The molecule has 0 heterocycles. The van der Waals surface area contributed by atoms with E-state index in [1.807, 2.05) is 0 Å². The molecule has 1 unspecified atom stereocenters. The molecule has 3 heteroatoms. The third-order valence-electron chi connectivity index (χ3n) is 1.49. The largest absolute Gasteiger partial charge is 0.358 e. The van der Waals surface area contributed by atoms with Crippen LogP contribution in [0.5, 0.6) is 0 Å². The zero-order chi connectivity index (χ0) is 7.98. The summed E-state index contributed by atoms with van der Waals surface area (Å²) >= 11 is 0. The van der Waals surface area contributed by atoms with Crippen molar-refractivity contribution in [2.24, 2.45) is 0 Å². The van der Waals surface area contributed by atoms with Crippen LogP contribution in [0.25, 0.3) is 0 Å². The molecule has 10 heavy (non-hydrogen) atoms. The highest BCUT2D eigenvalue weighted by Crippen LogP contribution is 1.94. The number of hydrogen-bond donors (Lipinski definition) is 2. The Morgan fingerprint density at radius 1 is 1.50 bits per heavy atom. The van der Waals surface area contributed by atoms with Gasteiger partial charge < -0.3 is 10.6 Å². The van der Waals surface area contributed by atoms with E-state index in [-0.39, 0.29) is 11.9 Å². The minimum Gasteiger partial charge on any atom is -0.358 e. The number of hydrogen-bond acceptors (Lipinski definition) is 2. The highest BCUT2D eigenvalue weighted by atomic mass is 16.2. The van der Waals surface area contributed by atoms with Crippen molar-refractivity contribution in [3.05, 3.63) is 0 Å². The Labute approximate surface area is 62.2 Å². The van der Waals surface area contributed by atoms with Crippen molar-refractivity contribution in [1.82, 2.24) is 10.6 Å². The van der Waals surface area contributed by atoms with Crippen LogP contribution in [0.3, 0.4) is 0 Å². The molecule has 2 N–H and O–H groups in total. The maximum absolute atomic E-state index is 11.0. The van der Waals surface area contributed by atoms with E-state index < -0.39 is 0 Å². The molecular weight excluding hydrogens is 128 g/mol. The lowest BCUT2D eigenvalue weighted by Crippen LogP contribution is -2.40. The van der Waals surface area contributed by atoms with Gasteiger partial charge in [0, 0.05) is 7.05 Å². The third kappa shape index (κ3) is 2.82. The molecular formula is C7H16N2O. The summed E-state index contributed by atoms with van der Waals surface area (Å²) in [5.74, 6) is 0.0735. The minimum atomic E-state index is -0.0185. The molecule has 0 aromatic heterocycles. The molecule has 0 saturated heterocycles. The fraction of sp³-hybridized carbons (Fsp3) is 0.857. The zero-order valence-corrected chi connectivity index (χ0v) is 6.90. The number of nitrogens with one attached hydrogen (secondary N) is 2. The number of carbonyl (C=O) groups is 1. The SMILES string of the molecule is CCCC(NC)C(=O)NC. The number of carbonyl (C=O) groups excluding carboxylic acids is 1. The standard InChI is InChI=1S/C7H16N2O/c1-4-5-6(8-2)7(10)9-3/h6,8H,4-5H2,1-3H3,(H,9,10). The van der Waals surface area contributed by atoms with Gasteiger partial charge in [-0.05, 0) is 13.5 Å². The van der Waals surface area contributed by atoms with Gasteiger partial charge in [-0.15, -0.1) is 0 Å². The fourth-order valence-corrected chi connectivity index (χ4v) is 0.869. The summed E-state index contributed by atoms with van der Waals surface area (Å²) in [5.41, 5.74) is 0. The molecule has 0 aliphatic heterocycles. The normalized spacial score (nSPS) is 12.7. The first-order chi connectivity index (χ1) is 4.76. The Morgan fingerprint density at radius 2 is 2.10 bits per heavy atom. The van der Waals surface area contributed by atoms with E-state index in [2.05, 4.69) is 17.6 Å². The van der Waals surface area contributed by atoms with Crippen molar-refractivity contribution in [1.29, 1.82) is 0 Å². The van der Waals surface area contributed by atoms with Crippen LogP contribution in [0.2, 0.25) is 0 Å². The van der Waals surface area contributed by atoms with Crippen molar-refractivity contribution in [3.8, 4) is 0 Å². The quantitative estimate of drug-likeness (QED) is 0.588. The van der Waals surface area contributed by atoms with E-state index in [0.717, 1.165) is 12.8 Å². The van der Waals surface area contributed by atoms with Crippen LogP contribution in [0.4, 0.5) is 0 Å². The molecule has 1 atom stereocenters. The van der Waals surface area contributed by atoms with E-state index in [1.54, 1.807) is 14.1 Å². The predicted octanol–water partition coefficient (Wildman–Crippen LogP) is 0.120. The Balaban J connectivity index is 3.68. The molecule has 60 valence electrons. The van der Waals surface area contributed by atoms with Crippen LogP contribution in [-0.2, 0) is 4.79 Å². The number of rotatable bonds is 4. The van der Waals surface area contributed by atoms with Crippen LogP contribution >= 0.6 is 0 Å². The lowest BCUT2D eigenvalue weighted by atomic mass is 10.1. The Kier molecular flexibility index (Phi) is 4.94. The van der Waals surface area contributed by atoms with Crippen LogP contribution in [0.1, 0.15) is 19.8 Å². The molecule has 0 radical (unpaired) electrons. The molecule has 0 bridgehead atoms. The molecule has 0 aliphatic rings. The average molecular weight is 144 g/mol. The maximum Gasteiger partial charge on any atom is 0.236 e. The summed E-state index contributed by atoms with van der Waals surface area (Å²) in [6.45, 7) is 2.06. The van der Waals surface area contributed by atoms with Gasteiger partial charge in [-0.2, -0.15) is 0 Å². The van der Waals surface area contributed by atoms with E-state index in [0.29, 0.717) is 0 Å². The molecule has 0 aromatic carbocycles. The first-order valence-corrected chi connectivity index (χ1v) is 3.65. The molecule has 0 spiro atoms. The van der Waals surface area contributed by atoms with Gasteiger partial charge in [-0.1, -0.05) is 13.3 Å². The molecule has 0 fully saturated rings. The fourth-order valence-electron chi connectivity index (χ4n) is 0.869.